The molecule has 3 aromatic rings. The van der Waals surface area contributed by atoms with Crippen LogP contribution in [0.4, 0.5) is 11.6 Å². The summed E-state index contributed by atoms with van der Waals surface area (Å²) in [4.78, 5) is 39.4. The minimum atomic E-state index is -1.35. The van der Waals surface area contributed by atoms with Crippen LogP contribution < -0.4 is 22.1 Å². The zero-order valence-electron chi connectivity index (χ0n) is 17.0. The Balaban J connectivity index is 0.000000186. The third kappa shape index (κ3) is 4.32. The zero-order valence-corrected chi connectivity index (χ0v) is 17.0. The molecule has 0 amide bonds. The summed E-state index contributed by atoms with van der Waals surface area (Å²) in [6.45, 7) is 1.59. The quantitative estimate of drug-likeness (QED) is 0.197. The number of aromatic amines is 2. The topological polar surface area (TPSA) is 206 Å². The molecule has 172 valence electrons. The Labute approximate surface area is 179 Å². The van der Waals surface area contributed by atoms with Crippen LogP contribution in [0.1, 0.15) is 6.23 Å². The molecule has 7 N–H and O–H groups in total. The van der Waals surface area contributed by atoms with Crippen molar-refractivity contribution in [1.82, 2.24) is 34.5 Å². The van der Waals surface area contributed by atoms with Crippen molar-refractivity contribution in [2.45, 2.75) is 24.5 Å². The van der Waals surface area contributed by atoms with Crippen molar-refractivity contribution >= 4 is 22.8 Å². The molecule has 4 atom stereocenters. The van der Waals surface area contributed by atoms with Gasteiger partial charge in [-0.3, -0.25) is 4.98 Å². The zero-order chi connectivity index (χ0) is 22.8. The molecule has 3 aromatic heterocycles. The molecule has 2 aliphatic rings. The molecule has 15 nitrogen and oxygen atoms in total. The van der Waals surface area contributed by atoms with E-state index in [1.54, 1.807) is 13.1 Å². The predicted molar refractivity (Wildman–Crippen MR) is 111 cm³/mol. The van der Waals surface area contributed by atoms with Gasteiger partial charge in [0.15, 0.2) is 17.7 Å². The average molecular weight is 449 g/mol. The Bertz CT molecular complexity index is 1190. The van der Waals surface area contributed by atoms with Crippen molar-refractivity contribution in [1.29, 1.82) is 0 Å². The Morgan fingerprint density at radius 2 is 1.97 bits per heavy atom. The molecule has 0 saturated carbocycles. The van der Waals surface area contributed by atoms with Gasteiger partial charge in [0.2, 0.25) is 0 Å². The lowest BCUT2D eigenvalue weighted by Crippen LogP contribution is -2.34. The maximum atomic E-state index is 12.1. The maximum absolute atomic E-state index is 12.1. The number of H-pyrrole nitrogens is 2. The van der Waals surface area contributed by atoms with Crippen LogP contribution in [0.5, 0.6) is 0 Å². The first-order valence-electron chi connectivity index (χ1n) is 9.75. The molecule has 0 unspecified atom stereocenters. The van der Waals surface area contributed by atoms with Gasteiger partial charge in [-0.05, 0) is 6.07 Å². The van der Waals surface area contributed by atoms with Gasteiger partial charge < -0.3 is 35.8 Å². The highest BCUT2D eigenvalue weighted by molar-refractivity contribution is 5.82. The second-order valence-corrected chi connectivity index (χ2v) is 7.09. The van der Waals surface area contributed by atoms with E-state index in [0.717, 1.165) is 17.7 Å². The number of hydrazine groups is 1. The minimum Gasteiger partial charge on any atom is -0.394 e. The number of hydrogen-bond acceptors (Lipinski definition) is 12. The summed E-state index contributed by atoms with van der Waals surface area (Å²) in [5.74, 6) is 1.12. The normalized spacial score (nSPS) is 24.8. The molecular formula is C17H23N9O6. The number of aromatic nitrogens is 6. The molecule has 2 aliphatic heterocycles. The van der Waals surface area contributed by atoms with Gasteiger partial charge in [-0.25, -0.2) is 34.1 Å². The third-order valence-electron chi connectivity index (χ3n) is 4.91. The number of anilines is 2. The number of aliphatic hydroxyl groups excluding tert-OH is 3. The summed E-state index contributed by atoms with van der Waals surface area (Å²) in [6.07, 6.45) is -2.01. The lowest BCUT2D eigenvalue weighted by Gasteiger charge is -2.15. The summed E-state index contributed by atoms with van der Waals surface area (Å²) < 4.78 is 6.45. The molecular weight excluding hydrogens is 426 g/mol. The third-order valence-corrected chi connectivity index (χ3v) is 4.91. The molecule has 0 aliphatic carbocycles. The van der Waals surface area contributed by atoms with Gasteiger partial charge in [-0.15, -0.1) is 0 Å². The molecule has 5 heterocycles. The number of imidazole rings is 1. The molecule has 5 rings (SSSR count). The van der Waals surface area contributed by atoms with Gasteiger partial charge >= 0.3 is 11.4 Å². The summed E-state index contributed by atoms with van der Waals surface area (Å²) >= 11 is 0. The Morgan fingerprint density at radius 1 is 1.19 bits per heavy atom. The fourth-order valence-electron chi connectivity index (χ4n) is 3.22. The molecule has 2 fully saturated rings. The van der Waals surface area contributed by atoms with Crippen molar-refractivity contribution in [3.63, 3.8) is 0 Å². The molecule has 0 bridgehead atoms. The number of hydrogen-bond donors (Lipinski definition) is 7. The molecule has 32 heavy (non-hydrogen) atoms. The van der Waals surface area contributed by atoms with Gasteiger partial charge in [-0.1, -0.05) is 0 Å². The van der Waals surface area contributed by atoms with E-state index < -0.39 is 36.8 Å². The van der Waals surface area contributed by atoms with Gasteiger partial charge in [0.25, 0.3) is 0 Å². The summed E-state index contributed by atoms with van der Waals surface area (Å²) in [5.41, 5.74) is 2.71. The van der Waals surface area contributed by atoms with Crippen molar-refractivity contribution < 1.29 is 20.1 Å². The van der Waals surface area contributed by atoms with Crippen LogP contribution in [-0.4, -0.2) is 94.9 Å². The summed E-state index contributed by atoms with van der Waals surface area (Å²) in [6, 6.07) is 1.72. The predicted octanol–water partition coefficient (Wildman–Crippen LogP) is -2.81. The van der Waals surface area contributed by atoms with E-state index >= 15 is 0 Å². The number of nitrogens with zero attached hydrogens (tertiary/aromatic N) is 5. The van der Waals surface area contributed by atoms with E-state index in [1.165, 1.54) is 12.5 Å². The van der Waals surface area contributed by atoms with Crippen molar-refractivity contribution in [3.8, 4) is 0 Å². The van der Waals surface area contributed by atoms with Crippen LogP contribution in [0, 0.1) is 0 Å². The number of ether oxygens (including phenoxy) is 1. The monoisotopic (exact) mass is 449 g/mol. The standard InChI is InChI=1S/C11H15N5O5.C6H8N4O/c1-12-8-5-9(14-3-13-8)16(11(20)15-5)10-7(19)6(18)4(2-17)21-10;11-6-7-2-1-5(8-6)9-10-3-4-10/h3-4,6-7,10,17-19H,2H2,1H3,(H,15,20)(H,12,13,14);1-2H,3-4H2,(H2,7,8,9,11)/t4-,6-,7-,10-;/m1./s1. The van der Waals surface area contributed by atoms with Crippen molar-refractivity contribution in [2.75, 3.05) is 37.5 Å². The van der Waals surface area contributed by atoms with Crippen LogP contribution in [0.3, 0.4) is 0 Å². The molecule has 2 saturated heterocycles. The van der Waals surface area contributed by atoms with Gasteiger partial charge in [-0.2, -0.15) is 0 Å². The number of aliphatic hydroxyl groups is 3. The van der Waals surface area contributed by atoms with Crippen LogP contribution in [0.25, 0.3) is 11.2 Å². The van der Waals surface area contributed by atoms with Gasteiger partial charge in [0.05, 0.1) is 6.61 Å². The molecule has 0 spiro atoms. The lowest BCUT2D eigenvalue weighted by molar-refractivity contribution is -0.0524. The highest BCUT2D eigenvalue weighted by atomic mass is 16.6. The highest BCUT2D eigenvalue weighted by Gasteiger charge is 2.44. The average Bonchev–Trinajstić information content (AvgIpc) is 3.47. The Morgan fingerprint density at radius 3 is 2.59 bits per heavy atom. The lowest BCUT2D eigenvalue weighted by atomic mass is 10.1. The first kappa shape index (κ1) is 21.8. The van der Waals surface area contributed by atoms with E-state index in [0.29, 0.717) is 17.2 Å². The van der Waals surface area contributed by atoms with E-state index in [9.17, 15) is 19.8 Å². The Hall–Kier alpha value is -3.37. The maximum Gasteiger partial charge on any atom is 0.346 e. The summed E-state index contributed by atoms with van der Waals surface area (Å²) in [5, 5.41) is 33.7. The van der Waals surface area contributed by atoms with E-state index in [1.807, 2.05) is 5.01 Å². The number of fused-ring (bicyclic) bond motifs is 1. The highest BCUT2D eigenvalue weighted by Crippen LogP contribution is 2.30. The first-order valence-corrected chi connectivity index (χ1v) is 9.75. The number of nitrogens with one attached hydrogen (secondary N) is 4. The van der Waals surface area contributed by atoms with Crippen LogP contribution in [0.15, 0.2) is 28.2 Å². The second-order valence-electron chi connectivity index (χ2n) is 7.09. The first-order chi connectivity index (χ1) is 15.4. The van der Waals surface area contributed by atoms with Gasteiger partial charge in [0, 0.05) is 26.3 Å². The van der Waals surface area contributed by atoms with Crippen LogP contribution in [-0.2, 0) is 4.74 Å². The Kier molecular flexibility index (Phi) is 6.15. The van der Waals surface area contributed by atoms with Gasteiger partial charge in [0.1, 0.15) is 36.0 Å². The van der Waals surface area contributed by atoms with E-state index in [-0.39, 0.29) is 11.3 Å². The van der Waals surface area contributed by atoms with Crippen molar-refractivity contribution in [2.24, 2.45) is 0 Å². The summed E-state index contributed by atoms with van der Waals surface area (Å²) in [7, 11) is 1.64. The molecule has 15 heteroatoms. The van der Waals surface area contributed by atoms with E-state index in [2.05, 4.69) is 35.7 Å². The fraction of sp³-hybridized carbons (Fsp3) is 0.471. The largest absolute Gasteiger partial charge is 0.394 e. The fourth-order valence-corrected chi connectivity index (χ4v) is 3.22. The van der Waals surface area contributed by atoms with Crippen LogP contribution in [0.2, 0.25) is 0 Å². The van der Waals surface area contributed by atoms with E-state index in [4.69, 9.17) is 9.84 Å². The molecule has 0 radical (unpaired) electrons. The SMILES string of the molecule is CNc1ncnc2c1[nH]c(=O)n2[C@@H]1O[C@H](CO)[C@@H](O)[C@H]1O.O=c1nccc(NN2CC2)[nH]1. The van der Waals surface area contributed by atoms with Crippen LogP contribution >= 0.6 is 0 Å². The minimum absolute atomic E-state index is 0.231. The number of rotatable bonds is 5. The smallest absolute Gasteiger partial charge is 0.346 e. The second kappa shape index (κ2) is 9.01. The van der Waals surface area contributed by atoms with Crippen molar-refractivity contribution in [3.05, 3.63) is 39.6 Å². The molecule has 0 aromatic carbocycles.